The highest BCUT2D eigenvalue weighted by Crippen LogP contribution is 2.14. The monoisotopic (exact) mass is 344 g/mol. The Morgan fingerprint density at radius 2 is 1.50 bits per heavy atom. The van der Waals surface area contributed by atoms with Crippen molar-refractivity contribution in [3.05, 3.63) is 70.2 Å². The Bertz CT molecular complexity index is 712. The zero-order valence-electron chi connectivity index (χ0n) is 13.8. The van der Waals surface area contributed by atoms with Gasteiger partial charge in [-0.3, -0.25) is 9.59 Å². The van der Waals surface area contributed by atoms with Crippen molar-refractivity contribution in [1.82, 2.24) is 10.6 Å². The van der Waals surface area contributed by atoms with Crippen molar-refractivity contribution < 1.29 is 9.59 Å². The summed E-state index contributed by atoms with van der Waals surface area (Å²) in [6.45, 7) is 4.92. The normalized spacial score (nSPS) is 10.5. The highest BCUT2D eigenvalue weighted by atomic mass is 35.5. The fourth-order valence-corrected chi connectivity index (χ4v) is 2.40. The molecule has 0 heterocycles. The molecule has 0 aliphatic heterocycles. The molecule has 0 aromatic heterocycles. The minimum Gasteiger partial charge on any atom is -0.350 e. The van der Waals surface area contributed by atoms with E-state index in [1.54, 1.807) is 24.3 Å². The van der Waals surface area contributed by atoms with Crippen LogP contribution in [-0.2, 0) is 0 Å². The molecule has 0 atom stereocenters. The Labute approximate surface area is 147 Å². The highest BCUT2D eigenvalue weighted by molar-refractivity contribution is 6.30. The summed E-state index contributed by atoms with van der Waals surface area (Å²) in [5.41, 5.74) is 2.30. The summed E-state index contributed by atoms with van der Waals surface area (Å²) < 4.78 is 0. The van der Waals surface area contributed by atoms with Gasteiger partial charge in [-0.25, -0.2) is 0 Å². The summed E-state index contributed by atoms with van der Waals surface area (Å²) in [6, 6.07) is 14.3. The third kappa shape index (κ3) is 5.10. The second kappa shape index (κ2) is 8.50. The van der Waals surface area contributed by atoms with Crippen LogP contribution in [0.15, 0.2) is 48.5 Å². The van der Waals surface area contributed by atoms with E-state index in [0.29, 0.717) is 35.2 Å². The minimum absolute atomic E-state index is 0.151. The predicted octanol–water partition coefficient (Wildman–Crippen LogP) is 3.62. The molecule has 0 spiro atoms. The Morgan fingerprint density at radius 3 is 2.04 bits per heavy atom. The quantitative estimate of drug-likeness (QED) is 0.786. The first-order valence-corrected chi connectivity index (χ1v) is 8.27. The molecule has 2 rings (SSSR count). The van der Waals surface area contributed by atoms with E-state index in [4.69, 9.17) is 11.6 Å². The lowest BCUT2D eigenvalue weighted by Gasteiger charge is -2.09. The molecule has 2 N–H and O–H groups in total. The van der Waals surface area contributed by atoms with E-state index in [1.165, 1.54) is 5.56 Å². The van der Waals surface area contributed by atoms with Gasteiger partial charge in [-0.05, 0) is 41.8 Å². The first-order chi connectivity index (χ1) is 11.5. The molecule has 0 aliphatic rings. The van der Waals surface area contributed by atoms with E-state index >= 15 is 0 Å². The zero-order chi connectivity index (χ0) is 17.5. The highest BCUT2D eigenvalue weighted by Gasteiger charge is 2.07. The van der Waals surface area contributed by atoms with Gasteiger partial charge in [0.25, 0.3) is 11.8 Å². The van der Waals surface area contributed by atoms with Gasteiger partial charge in [-0.15, -0.1) is 0 Å². The maximum atomic E-state index is 12.0. The van der Waals surface area contributed by atoms with Gasteiger partial charge < -0.3 is 10.6 Å². The molecule has 24 heavy (non-hydrogen) atoms. The van der Waals surface area contributed by atoms with Crippen molar-refractivity contribution in [3.8, 4) is 0 Å². The number of hydrogen-bond acceptors (Lipinski definition) is 2. The van der Waals surface area contributed by atoms with Gasteiger partial charge >= 0.3 is 0 Å². The van der Waals surface area contributed by atoms with E-state index in [1.807, 2.05) is 24.3 Å². The van der Waals surface area contributed by atoms with Gasteiger partial charge in [0, 0.05) is 29.2 Å². The Morgan fingerprint density at radius 1 is 0.917 bits per heavy atom. The van der Waals surface area contributed by atoms with E-state index in [-0.39, 0.29) is 11.8 Å². The van der Waals surface area contributed by atoms with Gasteiger partial charge in [-0.1, -0.05) is 43.6 Å². The van der Waals surface area contributed by atoms with Crippen LogP contribution in [0.2, 0.25) is 5.02 Å². The molecule has 2 aromatic rings. The van der Waals surface area contributed by atoms with Crippen molar-refractivity contribution in [2.45, 2.75) is 19.8 Å². The van der Waals surface area contributed by atoms with Gasteiger partial charge in [0.15, 0.2) is 0 Å². The first-order valence-electron chi connectivity index (χ1n) is 7.89. The molecule has 0 saturated carbocycles. The molecule has 5 heteroatoms. The average molecular weight is 345 g/mol. The van der Waals surface area contributed by atoms with Gasteiger partial charge in [0.05, 0.1) is 0 Å². The third-order valence-corrected chi connectivity index (χ3v) is 3.86. The van der Waals surface area contributed by atoms with Crippen LogP contribution < -0.4 is 10.6 Å². The SMILES string of the molecule is CC(C)c1ccc(C(=O)NCCNC(=O)c2cccc(Cl)c2)cc1. The summed E-state index contributed by atoms with van der Waals surface area (Å²) in [6.07, 6.45) is 0. The van der Waals surface area contributed by atoms with Crippen LogP contribution in [0.4, 0.5) is 0 Å². The molecule has 0 saturated heterocycles. The lowest BCUT2D eigenvalue weighted by atomic mass is 10.0. The molecule has 0 bridgehead atoms. The van der Waals surface area contributed by atoms with Crippen LogP contribution in [0.3, 0.4) is 0 Å². The maximum Gasteiger partial charge on any atom is 0.251 e. The van der Waals surface area contributed by atoms with Gasteiger partial charge in [0.2, 0.25) is 0 Å². The maximum absolute atomic E-state index is 12.0. The smallest absolute Gasteiger partial charge is 0.251 e. The summed E-state index contributed by atoms with van der Waals surface area (Å²) in [5.74, 6) is 0.0687. The molecule has 0 fully saturated rings. The number of halogens is 1. The summed E-state index contributed by atoms with van der Waals surface area (Å²) in [7, 11) is 0. The molecule has 2 aromatic carbocycles. The average Bonchev–Trinajstić information content (AvgIpc) is 2.58. The number of carbonyl (C=O) groups excluding carboxylic acids is 2. The van der Waals surface area contributed by atoms with Crippen LogP contribution in [0.25, 0.3) is 0 Å². The molecule has 126 valence electrons. The fourth-order valence-electron chi connectivity index (χ4n) is 2.21. The Kier molecular flexibility index (Phi) is 6.38. The van der Waals surface area contributed by atoms with Gasteiger partial charge in [-0.2, -0.15) is 0 Å². The minimum atomic E-state index is -0.215. The lowest BCUT2D eigenvalue weighted by molar-refractivity contribution is 0.0927. The first kappa shape index (κ1) is 18.0. The molecule has 2 amide bonds. The standard InChI is InChI=1S/C19H21ClN2O2/c1-13(2)14-6-8-15(9-7-14)18(23)21-10-11-22-19(24)16-4-3-5-17(20)12-16/h3-9,12-13H,10-11H2,1-2H3,(H,21,23)(H,22,24). The van der Waals surface area contributed by atoms with E-state index in [2.05, 4.69) is 24.5 Å². The number of rotatable bonds is 6. The second-order valence-electron chi connectivity index (χ2n) is 5.80. The number of benzene rings is 2. The van der Waals surface area contributed by atoms with Crippen LogP contribution >= 0.6 is 11.6 Å². The lowest BCUT2D eigenvalue weighted by Crippen LogP contribution is -2.34. The third-order valence-electron chi connectivity index (χ3n) is 3.62. The van der Waals surface area contributed by atoms with Crippen LogP contribution in [0.1, 0.15) is 46.0 Å². The molecule has 0 radical (unpaired) electrons. The van der Waals surface area contributed by atoms with Crippen molar-refractivity contribution in [2.24, 2.45) is 0 Å². The number of amides is 2. The zero-order valence-corrected chi connectivity index (χ0v) is 14.6. The summed E-state index contributed by atoms with van der Waals surface area (Å²) >= 11 is 5.85. The summed E-state index contributed by atoms with van der Waals surface area (Å²) in [4.78, 5) is 24.0. The topological polar surface area (TPSA) is 58.2 Å². The molecule has 4 nitrogen and oxygen atoms in total. The van der Waals surface area contributed by atoms with E-state index in [9.17, 15) is 9.59 Å². The number of hydrogen-bond donors (Lipinski definition) is 2. The van der Waals surface area contributed by atoms with Crippen molar-refractivity contribution in [3.63, 3.8) is 0 Å². The molecular weight excluding hydrogens is 324 g/mol. The van der Waals surface area contributed by atoms with Crippen LogP contribution in [0.5, 0.6) is 0 Å². The fraction of sp³-hybridized carbons (Fsp3) is 0.263. The number of carbonyl (C=O) groups is 2. The van der Waals surface area contributed by atoms with Crippen molar-refractivity contribution in [1.29, 1.82) is 0 Å². The number of nitrogens with one attached hydrogen (secondary N) is 2. The molecule has 0 aliphatic carbocycles. The van der Waals surface area contributed by atoms with Crippen molar-refractivity contribution in [2.75, 3.05) is 13.1 Å². The van der Waals surface area contributed by atoms with E-state index < -0.39 is 0 Å². The predicted molar refractivity (Wildman–Crippen MR) is 96.6 cm³/mol. The van der Waals surface area contributed by atoms with Crippen LogP contribution in [0, 0.1) is 0 Å². The molecular formula is C19H21ClN2O2. The second-order valence-corrected chi connectivity index (χ2v) is 6.24. The van der Waals surface area contributed by atoms with Crippen LogP contribution in [-0.4, -0.2) is 24.9 Å². The molecule has 0 unspecified atom stereocenters. The van der Waals surface area contributed by atoms with Gasteiger partial charge in [0.1, 0.15) is 0 Å². The Balaban J connectivity index is 1.77. The largest absolute Gasteiger partial charge is 0.350 e. The van der Waals surface area contributed by atoms with E-state index in [0.717, 1.165) is 0 Å². The summed E-state index contributed by atoms with van der Waals surface area (Å²) in [5, 5.41) is 6.05. The van der Waals surface area contributed by atoms with Crippen molar-refractivity contribution >= 4 is 23.4 Å². The Hall–Kier alpha value is -2.33.